The highest BCUT2D eigenvalue weighted by Crippen LogP contribution is 2.29. The molecule has 0 saturated heterocycles. The molecule has 0 aliphatic rings. The van der Waals surface area contributed by atoms with E-state index in [4.69, 9.17) is 21.1 Å². The summed E-state index contributed by atoms with van der Waals surface area (Å²) in [4.78, 5) is 4.35. The molecule has 1 heterocycles. The van der Waals surface area contributed by atoms with Gasteiger partial charge in [0.15, 0.2) is 0 Å². The lowest BCUT2D eigenvalue weighted by Crippen LogP contribution is -2.06. The first-order valence-electron chi connectivity index (χ1n) is 5.95. The summed E-state index contributed by atoms with van der Waals surface area (Å²) in [5.74, 6) is 0.355. The number of rotatable bonds is 4. The van der Waals surface area contributed by atoms with Gasteiger partial charge in [-0.05, 0) is 12.5 Å². The Morgan fingerprint density at radius 1 is 1.35 bits per heavy atom. The van der Waals surface area contributed by atoms with Gasteiger partial charge in [0, 0.05) is 12.3 Å². The molecular weight excluding hydrogens is 296 g/mol. The van der Waals surface area contributed by atoms with Crippen molar-refractivity contribution in [3.8, 4) is 5.75 Å². The van der Waals surface area contributed by atoms with Crippen molar-refractivity contribution in [2.45, 2.75) is 18.4 Å². The van der Waals surface area contributed by atoms with Crippen LogP contribution in [0.3, 0.4) is 0 Å². The summed E-state index contributed by atoms with van der Waals surface area (Å²) in [5.41, 5.74) is 1.44. The number of aryl methyl sites for hydroxylation is 1. The molecule has 0 bridgehead atoms. The molecule has 0 amide bonds. The summed E-state index contributed by atoms with van der Waals surface area (Å²) >= 11 is 5.91. The Morgan fingerprint density at radius 2 is 2.00 bits per heavy atom. The molecule has 0 unspecified atom stereocenters. The minimum absolute atomic E-state index is 0.262. The molecule has 20 heavy (non-hydrogen) atoms. The van der Waals surface area contributed by atoms with E-state index in [0.717, 1.165) is 5.56 Å². The summed E-state index contributed by atoms with van der Waals surface area (Å²) in [5, 5.41) is 0.262. The molecule has 0 radical (unpaired) electrons. The van der Waals surface area contributed by atoms with Gasteiger partial charge in [0.2, 0.25) is 0 Å². The van der Waals surface area contributed by atoms with Gasteiger partial charge in [0.1, 0.15) is 22.4 Å². The van der Waals surface area contributed by atoms with E-state index in [-0.39, 0.29) is 5.15 Å². The Kier molecular flexibility index (Phi) is 4.30. The molecule has 0 fully saturated rings. The second kappa shape index (κ2) is 5.81. The number of hydrogen-bond acceptors (Lipinski definition) is 4. The average Bonchev–Trinajstić information content (AvgIpc) is 2.35. The van der Waals surface area contributed by atoms with Gasteiger partial charge in [0.25, 0.3) is 0 Å². The highest BCUT2D eigenvalue weighted by molar-refractivity contribution is 7.91. The monoisotopic (exact) mass is 310 g/mol. The number of nitrogens with one attached hydrogen (secondary N) is 1. The van der Waals surface area contributed by atoms with E-state index in [9.17, 15) is 4.21 Å². The maximum Gasteiger partial charge on any atom is 0.141 e. The van der Waals surface area contributed by atoms with E-state index in [0.29, 0.717) is 22.9 Å². The normalized spacial score (nSPS) is 13.8. The van der Waals surface area contributed by atoms with Crippen LogP contribution in [-0.4, -0.2) is 15.4 Å². The lowest BCUT2D eigenvalue weighted by molar-refractivity contribution is 0.297. The standard InChI is InChI=1S/C14H15ClN2O2S/c1-10-14(20(2,16)18)12(8-13(15)17-10)19-9-11-6-4-3-5-7-11/h3-8,16H,9H2,1-2H3/t20-/m0/s1. The second-order valence-electron chi connectivity index (χ2n) is 4.48. The van der Waals surface area contributed by atoms with Gasteiger partial charge in [-0.25, -0.2) is 14.0 Å². The van der Waals surface area contributed by atoms with Crippen molar-refractivity contribution in [3.63, 3.8) is 0 Å². The Labute approximate surface area is 123 Å². The number of halogens is 1. The second-order valence-corrected chi connectivity index (χ2v) is 6.96. The van der Waals surface area contributed by atoms with E-state index in [2.05, 4.69) is 4.98 Å². The zero-order chi connectivity index (χ0) is 14.8. The molecule has 0 spiro atoms. The van der Waals surface area contributed by atoms with Crippen LogP contribution in [0.2, 0.25) is 5.15 Å². The summed E-state index contributed by atoms with van der Waals surface area (Å²) in [7, 11) is -2.93. The van der Waals surface area contributed by atoms with Crippen LogP contribution >= 0.6 is 11.6 Å². The van der Waals surface area contributed by atoms with Gasteiger partial charge in [-0.3, -0.25) is 0 Å². The first kappa shape index (κ1) is 14.8. The van der Waals surface area contributed by atoms with E-state index in [1.54, 1.807) is 6.92 Å². The minimum atomic E-state index is -2.93. The topological polar surface area (TPSA) is 63.0 Å². The predicted molar refractivity (Wildman–Crippen MR) is 79.8 cm³/mol. The van der Waals surface area contributed by atoms with Gasteiger partial charge in [-0.1, -0.05) is 41.9 Å². The molecule has 1 N–H and O–H groups in total. The number of benzene rings is 1. The fraction of sp³-hybridized carbons (Fsp3) is 0.214. The third-order valence-corrected chi connectivity index (χ3v) is 4.17. The van der Waals surface area contributed by atoms with E-state index in [1.165, 1.54) is 12.3 Å². The SMILES string of the molecule is Cc1nc(Cl)cc(OCc2ccccc2)c1[S@@](C)(=N)=O. The number of nitrogens with zero attached hydrogens (tertiary/aromatic N) is 1. The Bertz CT molecular complexity index is 715. The summed E-state index contributed by atoms with van der Waals surface area (Å²) in [6, 6.07) is 11.1. The van der Waals surface area contributed by atoms with Crippen LogP contribution in [0.4, 0.5) is 0 Å². The van der Waals surface area contributed by atoms with Gasteiger partial charge < -0.3 is 4.74 Å². The fourth-order valence-corrected chi connectivity index (χ4v) is 3.25. The number of hydrogen-bond donors (Lipinski definition) is 1. The Balaban J connectivity index is 2.36. The molecule has 6 heteroatoms. The van der Waals surface area contributed by atoms with Crippen LogP contribution in [0, 0.1) is 11.7 Å². The predicted octanol–water partition coefficient (Wildman–Crippen LogP) is 3.66. The quantitative estimate of drug-likeness (QED) is 0.877. The van der Waals surface area contributed by atoms with Crippen LogP contribution < -0.4 is 4.74 Å². The molecule has 2 aromatic rings. The third kappa shape index (κ3) is 3.49. The molecule has 4 nitrogen and oxygen atoms in total. The van der Waals surface area contributed by atoms with Crippen LogP contribution in [0.15, 0.2) is 41.3 Å². The van der Waals surface area contributed by atoms with Crippen LogP contribution in [-0.2, 0) is 16.3 Å². The molecule has 1 aromatic heterocycles. The van der Waals surface area contributed by atoms with Gasteiger partial charge in [-0.15, -0.1) is 0 Å². The molecule has 0 aliphatic carbocycles. The van der Waals surface area contributed by atoms with Crippen molar-refractivity contribution in [2.75, 3.05) is 6.26 Å². The van der Waals surface area contributed by atoms with E-state index < -0.39 is 9.73 Å². The number of aromatic nitrogens is 1. The Hall–Kier alpha value is -1.59. The first-order chi connectivity index (χ1) is 9.38. The number of pyridine rings is 1. The van der Waals surface area contributed by atoms with Crippen molar-refractivity contribution < 1.29 is 8.95 Å². The van der Waals surface area contributed by atoms with Gasteiger partial charge in [-0.2, -0.15) is 0 Å². The van der Waals surface area contributed by atoms with Crippen LogP contribution in [0.5, 0.6) is 5.75 Å². The van der Waals surface area contributed by atoms with Crippen molar-refractivity contribution in [3.05, 3.63) is 52.8 Å². The van der Waals surface area contributed by atoms with Crippen molar-refractivity contribution in [2.24, 2.45) is 0 Å². The van der Waals surface area contributed by atoms with Crippen molar-refractivity contribution in [1.82, 2.24) is 4.98 Å². The van der Waals surface area contributed by atoms with E-state index >= 15 is 0 Å². The third-order valence-electron chi connectivity index (χ3n) is 2.70. The van der Waals surface area contributed by atoms with Gasteiger partial charge >= 0.3 is 0 Å². The smallest absolute Gasteiger partial charge is 0.141 e. The van der Waals surface area contributed by atoms with Crippen LogP contribution in [0.25, 0.3) is 0 Å². The lowest BCUT2D eigenvalue weighted by Gasteiger charge is -2.14. The number of ether oxygens (including phenoxy) is 1. The Morgan fingerprint density at radius 3 is 2.60 bits per heavy atom. The van der Waals surface area contributed by atoms with Crippen molar-refractivity contribution in [1.29, 1.82) is 4.78 Å². The molecular formula is C14H15ClN2O2S. The summed E-state index contributed by atoms with van der Waals surface area (Å²) < 4.78 is 25.5. The largest absolute Gasteiger partial charge is 0.487 e. The lowest BCUT2D eigenvalue weighted by atomic mass is 10.2. The van der Waals surface area contributed by atoms with Gasteiger partial charge in [0.05, 0.1) is 15.4 Å². The summed E-state index contributed by atoms with van der Waals surface area (Å²) in [6.45, 7) is 2.00. The molecule has 2 rings (SSSR count). The highest BCUT2D eigenvalue weighted by atomic mass is 35.5. The van der Waals surface area contributed by atoms with Crippen LogP contribution in [0.1, 0.15) is 11.3 Å². The molecule has 0 saturated carbocycles. The zero-order valence-electron chi connectivity index (χ0n) is 11.2. The maximum absolute atomic E-state index is 12.1. The highest BCUT2D eigenvalue weighted by Gasteiger charge is 2.17. The molecule has 106 valence electrons. The first-order valence-corrected chi connectivity index (χ1v) is 8.30. The zero-order valence-corrected chi connectivity index (χ0v) is 12.8. The maximum atomic E-state index is 12.1. The average molecular weight is 311 g/mol. The molecule has 0 aliphatic heterocycles. The van der Waals surface area contributed by atoms with Crippen molar-refractivity contribution >= 4 is 21.3 Å². The summed E-state index contributed by atoms with van der Waals surface area (Å²) in [6.07, 6.45) is 1.35. The fourth-order valence-electron chi connectivity index (χ4n) is 1.91. The molecule has 1 aromatic carbocycles. The van der Waals surface area contributed by atoms with E-state index in [1.807, 2.05) is 30.3 Å². The molecule has 1 atom stereocenters. The minimum Gasteiger partial charge on any atom is -0.487 e.